The van der Waals surface area contributed by atoms with Gasteiger partial charge in [-0.2, -0.15) is 4.98 Å². The van der Waals surface area contributed by atoms with Crippen LogP contribution in [-0.2, 0) is 6.42 Å². The van der Waals surface area contributed by atoms with Crippen LogP contribution in [0.5, 0.6) is 0 Å². The molecular formula is C23H31N5S. The number of nitrogens with one attached hydrogen (secondary N) is 2. The molecule has 2 heterocycles. The fourth-order valence-electron chi connectivity index (χ4n) is 4.13. The van der Waals surface area contributed by atoms with E-state index in [1.807, 2.05) is 37.6 Å². The topological polar surface area (TPSA) is 53.1 Å². The van der Waals surface area contributed by atoms with Gasteiger partial charge in [0.15, 0.2) is 0 Å². The molecule has 1 aromatic carbocycles. The number of thiophene rings is 1. The van der Waals surface area contributed by atoms with Crippen LogP contribution < -0.4 is 15.5 Å². The third-order valence-corrected chi connectivity index (χ3v) is 6.68. The Kier molecular flexibility index (Phi) is 6.62. The van der Waals surface area contributed by atoms with Crippen LogP contribution in [0.1, 0.15) is 30.6 Å². The minimum absolute atomic E-state index is 0.466. The highest BCUT2D eigenvalue weighted by Gasteiger charge is 2.22. The smallest absolute Gasteiger partial charge is 0.225 e. The van der Waals surface area contributed by atoms with Crippen LogP contribution in [0.25, 0.3) is 10.9 Å². The molecule has 1 fully saturated rings. The van der Waals surface area contributed by atoms with Crippen molar-refractivity contribution in [3.63, 3.8) is 0 Å². The second kappa shape index (κ2) is 9.55. The van der Waals surface area contributed by atoms with E-state index in [2.05, 4.69) is 45.2 Å². The summed E-state index contributed by atoms with van der Waals surface area (Å²) < 4.78 is 0. The number of nitrogens with zero attached hydrogens (tertiary/aromatic N) is 3. The van der Waals surface area contributed by atoms with E-state index < -0.39 is 0 Å². The second-order valence-electron chi connectivity index (χ2n) is 8.18. The molecule has 2 aromatic heterocycles. The van der Waals surface area contributed by atoms with Crippen molar-refractivity contribution < 1.29 is 0 Å². The molecule has 0 saturated heterocycles. The van der Waals surface area contributed by atoms with Crippen LogP contribution in [0.15, 0.2) is 41.8 Å². The number of fused-ring (bicyclic) bond motifs is 1. The Morgan fingerprint density at radius 1 is 1.03 bits per heavy atom. The lowest BCUT2D eigenvalue weighted by molar-refractivity contribution is 0.325. The van der Waals surface area contributed by atoms with Gasteiger partial charge in [0.05, 0.1) is 5.52 Å². The third kappa shape index (κ3) is 5.25. The summed E-state index contributed by atoms with van der Waals surface area (Å²) in [7, 11) is 4.07. The van der Waals surface area contributed by atoms with E-state index in [1.165, 1.54) is 30.6 Å². The molecule has 29 heavy (non-hydrogen) atoms. The van der Waals surface area contributed by atoms with Gasteiger partial charge in [0.1, 0.15) is 5.82 Å². The Labute approximate surface area is 177 Å². The van der Waals surface area contributed by atoms with E-state index in [9.17, 15) is 0 Å². The molecule has 0 spiro atoms. The molecule has 154 valence electrons. The molecule has 3 aromatic rings. The SMILES string of the molecule is CN(C)c1nc(N[C@H]2CC[C@@H](CNCCc3cccs3)CC2)nc2ccccc12. The molecule has 0 radical (unpaired) electrons. The lowest BCUT2D eigenvalue weighted by atomic mass is 9.86. The minimum Gasteiger partial charge on any atom is -0.362 e. The summed E-state index contributed by atoms with van der Waals surface area (Å²) in [4.78, 5) is 13.1. The molecule has 0 unspecified atom stereocenters. The summed E-state index contributed by atoms with van der Waals surface area (Å²) in [5.74, 6) is 2.51. The normalized spacial score (nSPS) is 19.4. The lowest BCUT2D eigenvalue weighted by Gasteiger charge is -2.29. The van der Waals surface area contributed by atoms with Crippen LogP contribution in [0.2, 0.25) is 0 Å². The van der Waals surface area contributed by atoms with Crippen molar-refractivity contribution in [1.29, 1.82) is 0 Å². The molecule has 1 aliphatic carbocycles. The highest BCUT2D eigenvalue weighted by atomic mass is 32.1. The number of benzene rings is 1. The van der Waals surface area contributed by atoms with Gasteiger partial charge in [-0.05, 0) is 74.7 Å². The van der Waals surface area contributed by atoms with Gasteiger partial charge >= 0.3 is 0 Å². The zero-order valence-electron chi connectivity index (χ0n) is 17.4. The average Bonchev–Trinajstić information content (AvgIpc) is 3.25. The van der Waals surface area contributed by atoms with Crippen LogP contribution in [0, 0.1) is 5.92 Å². The first-order valence-corrected chi connectivity index (χ1v) is 11.5. The van der Waals surface area contributed by atoms with Gasteiger partial charge in [0, 0.05) is 30.4 Å². The molecule has 2 N–H and O–H groups in total. The van der Waals surface area contributed by atoms with Gasteiger partial charge in [0.25, 0.3) is 0 Å². The van der Waals surface area contributed by atoms with Crippen LogP contribution in [-0.4, -0.2) is 43.2 Å². The molecular weight excluding hydrogens is 378 g/mol. The zero-order valence-corrected chi connectivity index (χ0v) is 18.2. The number of aromatic nitrogens is 2. The van der Waals surface area contributed by atoms with E-state index in [0.717, 1.165) is 48.1 Å². The van der Waals surface area contributed by atoms with Gasteiger partial charge < -0.3 is 15.5 Å². The van der Waals surface area contributed by atoms with Crippen molar-refractivity contribution in [3.05, 3.63) is 46.7 Å². The molecule has 0 aliphatic heterocycles. The summed E-state index contributed by atoms with van der Waals surface area (Å²) >= 11 is 1.85. The largest absolute Gasteiger partial charge is 0.362 e. The van der Waals surface area contributed by atoms with Gasteiger partial charge in [-0.15, -0.1) is 11.3 Å². The molecule has 1 aliphatic rings. The van der Waals surface area contributed by atoms with E-state index in [-0.39, 0.29) is 0 Å². The lowest BCUT2D eigenvalue weighted by Crippen LogP contribution is -2.32. The predicted octanol–water partition coefficient (Wildman–Crippen LogP) is 4.56. The molecule has 6 heteroatoms. The number of anilines is 2. The maximum atomic E-state index is 4.79. The summed E-state index contributed by atoms with van der Waals surface area (Å²) in [6.07, 6.45) is 6.03. The molecule has 5 nitrogen and oxygen atoms in total. The van der Waals surface area contributed by atoms with Gasteiger partial charge in [-0.25, -0.2) is 4.98 Å². The van der Waals surface area contributed by atoms with Crippen molar-refractivity contribution in [2.24, 2.45) is 5.92 Å². The second-order valence-corrected chi connectivity index (χ2v) is 9.21. The Hall–Kier alpha value is -2.18. The van der Waals surface area contributed by atoms with Gasteiger partial charge in [-0.3, -0.25) is 0 Å². The van der Waals surface area contributed by atoms with Crippen LogP contribution in [0.4, 0.5) is 11.8 Å². The Morgan fingerprint density at radius 2 is 1.86 bits per heavy atom. The number of para-hydroxylation sites is 1. The van der Waals surface area contributed by atoms with Crippen molar-refractivity contribution in [2.45, 2.75) is 38.1 Å². The number of rotatable bonds is 8. The fraction of sp³-hybridized carbons (Fsp3) is 0.478. The highest BCUT2D eigenvalue weighted by Crippen LogP contribution is 2.28. The van der Waals surface area contributed by atoms with E-state index >= 15 is 0 Å². The number of hydrogen-bond acceptors (Lipinski definition) is 6. The summed E-state index contributed by atoms with van der Waals surface area (Å²) in [6.45, 7) is 2.21. The highest BCUT2D eigenvalue weighted by molar-refractivity contribution is 7.09. The van der Waals surface area contributed by atoms with Crippen molar-refractivity contribution in [3.8, 4) is 0 Å². The number of hydrogen-bond donors (Lipinski definition) is 2. The first kappa shape index (κ1) is 20.1. The van der Waals surface area contributed by atoms with Crippen molar-refractivity contribution in [1.82, 2.24) is 15.3 Å². The molecule has 4 rings (SSSR count). The Balaban J connectivity index is 1.27. The maximum absolute atomic E-state index is 4.79. The molecule has 0 bridgehead atoms. The Morgan fingerprint density at radius 3 is 2.62 bits per heavy atom. The summed E-state index contributed by atoms with van der Waals surface area (Å²) in [6, 6.07) is 13.1. The molecule has 0 atom stereocenters. The van der Waals surface area contributed by atoms with Gasteiger partial charge in [-0.1, -0.05) is 18.2 Å². The standard InChI is InChI=1S/C23H31N5S/c1-28(2)22-20-7-3-4-8-21(20)26-23(27-22)25-18-11-9-17(10-12-18)16-24-14-13-19-6-5-15-29-19/h3-8,15,17-18,24H,9-14,16H2,1-2H3,(H,25,26,27)/t17-,18+. The first-order valence-electron chi connectivity index (χ1n) is 10.6. The minimum atomic E-state index is 0.466. The van der Waals surface area contributed by atoms with E-state index in [4.69, 9.17) is 9.97 Å². The summed E-state index contributed by atoms with van der Waals surface area (Å²) in [5.41, 5.74) is 0.998. The van der Waals surface area contributed by atoms with Crippen LogP contribution >= 0.6 is 11.3 Å². The first-order chi connectivity index (χ1) is 14.2. The van der Waals surface area contributed by atoms with Crippen molar-refractivity contribution >= 4 is 34.0 Å². The van der Waals surface area contributed by atoms with E-state index in [0.29, 0.717) is 6.04 Å². The molecule has 0 amide bonds. The summed E-state index contributed by atoms with van der Waals surface area (Å²) in [5, 5.41) is 10.5. The Bertz CT molecular complexity index is 901. The monoisotopic (exact) mass is 409 g/mol. The fourth-order valence-corrected chi connectivity index (χ4v) is 4.84. The zero-order chi connectivity index (χ0) is 20.1. The van der Waals surface area contributed by atoms with Crippen LogP contribution in [0.3, 0.4) is 0 Å². The van der Waals surface area contributed by atoms with Crippen molar-refractivity contribution in [2.75, 3.05) is 37.4 Å². The average molecular weight is 410 g/mol. The van der Waals surface area contributed by atoms with E-state index in [1.54, 1.807) is 0 Å². The third-order valence-electron chi connectivity index (χ3n) is 5.75. The quantitative estimate of drug-likeness (QED) is 0.534. The maximum Gasteiger partial charge on any atom is 0.225 e. The van der Waals surface area contributed by atoms with Gasteiger partial charge in [0.2, 0.25) is 5.95 Å². The predicted molar refractivity (Wildman–Crippen MR) is 124 cm³/mol. The molecule has 1 saturated carbocycles.